The Balaban J connectivity index is 1.85. The smallest absolute Gasteiger partial charge is 0.234 e. The fraction of sp³-hybridized carbons (Fsp3) is 0.640. The number of rotatable bonds is 8. The van der Waals surface area contributed by atoms with Gasteiger partial charge in [0.1, 0.15) is 0 Å². The highest BCUT2D eigenvalue weighted by Crippen LogP contribution is 2.41. The van der Waals surface area contributed by atoms with Gasteiger partial charge in [0.25, 0.3) is 0 Å². The van der Waals surface area contributed by atoms with E-state index in [1.165, 1.54) is 72.8 Å². The molecule has 1 aliphatic carbocycles. The highest BCUT2D eigenvalue weighted by Gasteiger charge is 2.29. The third kappa shape index (κ3) is 4.86. The van der Waals surface area contributed by atoms with E-state index in [2.05, 4.69) is 43.1 Å². The molecule has 0 saturated carbocycles. The zero-order valence-corrected chi connectivity index (χ0v) is 18.4. The normalized spacial score (nSPS) is 17.4. The van der Waals surface area contributed by atoms with Gasteiger partial charge in [0, 0.05) is 13.1 Å². The van der Waals surface area contributed by atoms with Crippen LogP contribution in [0.2, 0.25) is 0 Å². The van der Waals surface area contributed by atoms with Gasteiger partial charge in [-0.3, -0.25) is 9.69 Å². The van der Waals surface area contributed by atoms with E-state index in [-0.39, 0.29) is 5.91 Å². The standard InChI is InChI=1S/C25H38N2O/c1-5-6-7-8-9-10-11-19-12-13-20-16-27(4)17-24(28)26-15-23-21(18(2)3)14-22(19)25(20)23/h12-13,18H,5-11,14-17H2,1-4H3,(H,26,28). The van der Waals surface area contributed by atoms with Crippen LogP contribution < -0.4 is 5.32 Å². The van der Waals surface area contributed by atoms with Gasteiger partial charge in [-0.25, -0.2) is 0 Å². The van der Waals surface area contributed by atoms with Gasteiger partial charge in [-0.2, -0.15) is 0 Å². The average molecular weight is 383 g/mol. The molecule has 1 aromatic rings. The summed E-state index contributed by atoms with van der Waals surface area (Å²) in [7, 11) is 2.04. The van der Waals surface area contributed by atoms with Crippen LogP contribution in [0, 0.1) is 5.92 Å². The Morgan fingerprint density at radius 1 is 1.07 bits per heavy atom. The molecule has 0 unspecified atom stereocenters. The molecule has 1 aromatic carbocycles. The maximum Gasteiger partial charge on any atom is 0.234 e. The molecule has 3 nitrogen and oxygen atoms in total. The summed E-state index contributed by atoms with van der Waals surface area (Å²) in [6, 6.07) is 4.71. The van der Waals surface area contributed by atoms with Gasteiger partial charge in [-0.05, 0) is 60.1 Å². The lowest BCUT2D eigenvalue weighted by atomic mass is 9.91. The molecule has 1 heterocycles. The highest BCUT2D eigenvalue weighted by molar-refractivity contribution is 5.85. The summed E-state index contributed by atoms with van der Waals surface area (Å²) >= 11 is 0. The van der Waals surface area contributed by atoms with E-state index in [1.54, 1.807) is 5.56 Å². The largest absolute Gasteiger partial charge is 0.351 e. The second-order valence-electron chi connectivity index (χ2n) is 9.04. The van der Waals surface area contributed by atoms with Crippen molar-refractivity contribution in [3.63, 3.8) is 0 Å². The predicted molar refractivity (Wildman–Crippen MR) is 118 cm³/mol. The van der Waals surface area contributed by atoms with Crippen LogP contribution in [0.1, 0.15) is 81.5 Å². The Bertz CT molecular complexity index is 732. The summed E-state index contributed by atoms with van der Waals surface area (Å²) < 4.78 is 0. The Hall–Kier alpha value is -1.61. The van der Waals surface area contributed by atoms with E-state index in [0.717, 1.165) is 13.0 Å². The van der Waals surface area contributed by atoms with Gasteiger partial charge in [-0.15, -0.1) is 0 Å². The monoisotopic (exact) mass is 382 g/mol. The van der Waals surface area contributed by atoms with Crippen LogP contribution in [0.25, 0.3) is 5.57 Å². The van der Waals surface area contributed by atoms with E-state index >= 15 is 0 Å². The van der Waals surface area contributed by atoms with E-state index in [9.17, 15) is 4.79 Å². The Morgan fingerprint density at radius 3 is 2.57 bits per heavy atom. The molecule has 0 spiro atoms. The SMILES string of the molecule is CCCCCCCCc1ccc2c3c1CC(C(C)C)=C3CNC(=O)CN(C)C2. The number of carbonyl (C=O) groups is 1. The van der Waals surface area contributed by atoms with Gasteiger partial charge >= 0.3 is 0 Å². The number of aryl methyl sites for hydroxylation is 1. The molecule has 154 valence electrons. The van der Waals surface area contributed by atoms with Gasteiger partial charge in [0.15, 0.2) is 0 Å². The molecule has 0 radical (unpaired) electrons. The molecule has 0 bridgehead atoms. The van der Waals surface area contributed by atoms with Crippen molar-refractivity contribution in [1.29, 1.82) is 0 Å². The van der Waals surface area contributed by atoms with Crippen molar-refractivity contribution >= 4 is 11.5 Å². The number of carbonyl (C=O) groups excluding carboxylic acids is 1. The van der Waals surface area contributed by atoms with Crippen LogP contribution in [0.15, 0.2) is 17.7 Å². The number of likely N-dealkylation sites (N-methyl/N-ethyl adjacent to an activating group) is 1. The molecule has 2 aliphatic rings. The number of benzene rings is 1. The van der Waals surface area contributed by atoms with E-state index in [4.69, 9.17) is 0 Å². The van der Waals surface area contributed by atoms with E-state index < -0.39 is 0 Å². The van der Waals surface area contributed by atoms with Crippen molar-refractivity contribution in [3.05, 3.63) is 40.0 Å². The molecule has 0 saturated heterocycles. The zero-order valence-electron chi connectivity index (χ0n) is 18.4. The number of amides is 1. The Morgan fingerprint density at radius 2 is 1.82 bits per heavy atom. The molecular formula is C25H38N2O. The summed E-state index contributed by atoms with van der Waals surface area (Å²) in [6.45, 7) is 8.86. The van der Waals surface area contributed by atoms with Crippen molar-refractivity contribution in [2.45, 2.75) is 78.7 Å². The van der Waals surface area contributed by atoms with Crippen molar-refractivity contribution in [2.75, 3.05) is 20.1 Å². The van der Waals surface area contributed by atoms with Crippen LogP contribution in [0.4, 0.5) is 0 Å². The second kappa shape index (κ2) is 9.73. The maximum absolute atomic E-state index is 12.2. The number of nitrogens with one attached hydrogen (secondary N) is 1. The van der Waals surface area contributed by atoms with Gasteiger partial charge < -0.3 is 5.32 Å². The van der Waals surface area contributed by atoms with Crippen LogP contribution in [0.3, 0.4) is 0 Å². The predicted octanol–water partition coefficient (Wildman–Crippen LogP) is 5.12. The van der Waals surface area contributed by atoms with E-state index in [1.807, 2.05) is 7.05 Å². The molecule has 1 amide bonds. The fourth-order valence-corrected chi connectivity index (χ4v) is 4.83. The van der Waals surface area contributed by atoms with E-state index in [0.29, 0.717) is 19.0 Å². The van der Waals surface area contributed by atoms with Crippen LogP contribution in [0.5, 0.6) is 0 Å². The minimum atomic E-state index is 0.131. The first-order valence-corrected chi connectivity index (χ1v) is 11.3. The third-order valence-corrected chi connectivity index (χ3v) is 6.37. The highest BCUT2D eigenvalue weighted by atomic mass is 16.2. The molecular weight excluding hydrogens is 344 g/mol. The lowest BCUT2D eigenvalue weighted by molar-refractivity contribution is -0.121. The van der Waals surface area contributed by atoms with Crippen LogP contribution in [-0.4, -0.2) is 30.9 Å². The number of nitrogens with zero attached hydrogens (tertiary/aromatic N) is 1. The second-order valence-corrected chi connectivity index (χ2v) is 9.04. The van der Waals surface area contributed by atoms with Gasteiger partial charge in [0.2, 0.25) is 5.91 Å². The topological polar surface area (TPSA) is 32.3 Å². The lowest BCUT2D eigenvalue weighted by Gasteiger charge is -2.18. The quantitative estimate of drug-likeness (QED) is 0.633. The first kappa shape index (κ1) is 21.1. The van der Waals surface area contributed by atoms with Crippen molar-refractivity contribution in [2.24, 2.45) is 5.92 Å². The molecule has 0 atom stereocenters. The Kier molecular flexibility index (Phi) is 7.34. The van der Waals surface area contributed by atoms with Crippen LogP contribution >= 0.6 is 0 Å². The summed E-state index contributed by atoms with van der Waals surface area (Å²) in [5.41, 5.74) is 8.86. The minimum Gasteiger partial charge on any atom is -0.351 e. The number of allylic oxidation sites excluding steroid dienone is 1. The first-order chi connectivity index (χ1) is 13.5. The maximum atomic E-state index is 12.2. The lowest BCUT2D eigenvalue weighted by Crippen LogP contribution is -2.34. The number of unbranched alkanes of at least 4 members (excludes halogenated alkanes) is 5. The van der Waals surface area contributed by atoms with Crippen molar-refractivity contribution < 1.29 is 4.79 Å². The molecule has 1 N–H and O–H groups in total. The summed E-state index contributed by atoms with van der Waals surface area (Å²) in [5.74, 6) is 0.652. The third-order valence-electron chi connectivity index (χ3n) is 6.37. The average Bonchev–Trinajstić information content (AvgIpc) is 3.06. The van der Waals surface area contributed by atoms with Crippen LogP contribution in [-0.2, 0) is 24.2 Å². The Labute approximate surface area is 171 Å². The molecule has 3 heteroatoms. The summed E-state index contributed by atoms with van der Waals surface area (Å²) in [5, 5.41) is 3.17. The summed E-state index contributed by atoms with van der Waals surface area (Å²) in [6.07, 6.45) is 10.3. The molecule has 3 rings (SSSR count). The van der Waals surface area contributed by atoms with Crippen molar-refractivity contribution in [3.8, 4) is 0 Å². The summed E-state index contributed by atoms with van der Waals surface area (Å²) in [4.78, 5) is 14.4. The first-order valence-electron chi connectivity index (χ1n) is 11.3. The number of hydrogen-bond acceptors (Lipinski definition) is 2. The van der Waals surface area contributed by atoms with Crippen molar-refractivity contribution in [1.82, 2.24) is 10.2 Å². The van der Waals surface area contributed by atoms with Gasteiger partial charge in [-0.1, -0.05) is 70.6 Å². The minimum absolute atomic E-state index is 0.131. The zero-order chi connectivity index (χ0) is 20.1. The number of hydrogen-bond donors (Lipinski definition) is 1. The molecule has 1 aliphatic heterocycles. The molecule has 28 heavy (non-hydrogen) atoms. The molecule has 0 fully saturated rings. The fourth-order valence-electron chi connectivity index (χ4n) is 4.83. The molecule has 0 aromatic heterocycles. The van der Waals surface area contributed by atoms with Gasteiger partial charge in [0.05, 0.1) is 6.54 Å².